The van der Waals surface area contributed by atoms with Gasteiger partial charge in [-0.1, -0.05) is 11.6 Å². The predicted octanol–water partition coefficient (Wildman–Crippen LogP) is 2.08. The fraction of sp³-hybridized carbons (Fsp3) is 0.333. The Balaban J connectivity index is 2.08. The zero-order valence-corrected chi connectivity index (χ0v) is 7.71. The highest BCUT2D eigenvalue weighted by Crippen LogP contribution is 2.31. The van der Waals surface area contributed by atoms with Crippen molar-refractivity contribution in [1.29, 1.82) is 0 Å². The average Bonchev–Trinajstić information content (AvgIpc) is 2.91. The van der Waals surface area contributed by atoms with Gasteiger partial charge in [-0.25, -0.2) is 0 Å². The first-order valence-electron chi connectivity index (χ1n) is 4.18. The lowest BCUT2D eigenvalue weighted by Crippen LogP contribution is -2.13. The number of pyridine rings is 1. The minimum Gasteiger partial charge on any atom is -0.323 e. The molecule has 0 aromatic carbocycles. The van der Waals surface area contributed by atoms with Gasteiger partial charge in [0.1, 0.15) is 0 Å². The van der Waals surface area contributed by atoms with E-state index in [1.807, 2.05) is 0 Å². The van der Waals surface area contributed by atoms with Crippen LogP contribution in [-0.2, 0) is 4.79 Å². The standard InChI is InChI=1S/C9H9ClN2O/c10-7-3-4-11-5-8(7)12-9(13)6-1-2-6/h3-6H,1-2H2,(H,12,13). The molecule has 0 aliphatic heterocycles. The lowest BCUT2D eigenvalue weighted by molar-refractivity contribution is -0.117. The number of anilines is 1. The van der Waals surface area contributed by atoms with Crippen LogP contribution in [0.25, 0.3) is 0 Å². The second-order valence-electron chi connectivity index (χ2n) is 3.12. The highest BCUT2D eigenvalue weighted by molar-refractivity contribution is 6.33. The zero-order valence-electron chi connectivity index (χ0n) is 6.96. The molecule has 1 aromatic heterocycles. The molecular formula is C9H9ClN2O. The summed E-state index contributed by atoms with van der Waals surface area (Å²) in [6.07, 6.45) is 5.13. The first kappa shape index (κ1) is 8.51. The number of nitrogens with zero attached hydrogens (tertiary/aromatic N) is 1. The maximum Gasteiger partial charge on any atom is 0.227 e. The van der Waals surface area contributed by atoms with Gasteiger partial charge in [0.2, 0.25) is 5.91 Å². The SMILES string of the molecule is O=C(Nc1cnccc1Cl)C1CC1. The van der Waals surface area contributed by atoms with Gasteiger partial charge in [-0.2, -0.15) is 0 Å². The van der Waals surface area contributed by atoms with E-state index < -0.39 is 0 Å². The van der Waals surface area contributed by atoms with Crippen LogP contribution in [0.2, 0.25) is 5.02 Å². The molecule has 2 rings (SSSR count). The largest absolute Gasteiger partial charge is 0.323 e. The molecule has 0 bridgehead atoms. The molecule has 0 saturated heterocycles. The van der Waals surface area contributed by atoms with Gasteiger partial charge in [0.25, 0.3) is 0 Å². The van der Waals surface area contributed by atoms with Crippen LogP contribution in [0.4, 0.5) is 5.69 Å². The van der Waals surface area contributed by atoms with E-state index in [2.05, 4.69) is 10.3 Å². The molecule has 0 atom stereocenters. The molecule has 1 amide bonds. The summed E-state index contributed by atoms with van der Waals surface area (Å²) in [7, 11) is 0. The summed E-state index contributed by atoms with van der Waals surface area (Å²) in [5, 5.41) is 3.27. The molecule has 1 aliphatic carbocycles. The van der Waals surface area contributed by atoms with Crippen molar-refractivity contribution in [3.8, 4) is 0 Å². The van der Waals surface area contributed by atoms with Gasteiger partial charge in [0.05, 0.1) is 16.9 Å². The molecule has 1 saturated carbocycles. The molecule has 4 heteroatoms. The van der Waals surface area contributed by atoms with Crippen LogP contribution in [0.3, 0.4) is 0 Å². The molecule has 13 heavy (non-hydrogen) atoms. The van der Waals surface area contributed by atoms with Crippen molar-refractivity contribution in [3.05, 3.63) is 23.5 Å². The molecule has 0 unspecified atom stereocenters. The van der Waals surface area contributed by atoms with Crippen molar-refractivity contribution in [1.82, 2.24) is 4.98 Å². The van der Waals surface area contributed by atoms with Crippen LogP contribution >= 0.6 is 11.6 Å². The molecule has 0 radical (unpaired) electrons. The highest BCUT2D eigenvalue weighted by Gasteiger charge is 2.29. The van der Waals surface area contributed by atoms with Gasteiger partial charge in [0, 0.05) is 12.1 Å². The Morgan fingerprint density at radius 1 is 1.62 bits per heavy atom. The molecular weight excluding hydrogens is 188 g/mol. The van der Waals surface area contributed by atoms with Crippen LogP contribution in [0, 0.1) is 5.92 Å². The molecule has 1 heterocycles. The maximum absolute atomic E-state index is 11.3. The van der Waals surface area contributed by atoms with Gasteiger partial charge in [0.15, 0.2) is 0 Å². The first-order valence-corrected chi connectivity index (χ1v) is 4.55. The fourth-order valence-electron chi connectivity index (χ4n) is 1.05. The van der Waals surface area contributed by atoms with Crippen LogP contribution < -0.4 is 5.32 Å². The third-order valence-electron chi connectivity index (χ3n) is 1.97. The van der Waals surface area contributed by atoms with E-state index in [1.54, 1.807) is 18.5 Å². The highest BCUT2D eigenvalue weighted by atomic mass is 35.5. The van der Waals surface area contributed by atoms with E-state index in [-0.39, 0.29) is 11.8 Å². The van der Waals surface area contributed by atoms with Crippen LogP contribution in [0.1, 0.15) is 12.8 Å². The Bertz CT molecular complexity index is 336. The van der Waals surface area contributed by atoms with Crippen LogP contribution in [0.5, 0.6) is 0 Å². The number of amides is 1. The summed E-state index contributed by atoms with van der Waals surface area (Å²) in [5.41, 5.74) is 0.598. The lowest BCUT2D eigenvalue weighted by Gasteiger charge is -2.04. The van der Waals surface area contributed by atoms with Crippen LogP contribution in [-0.4, -0.2) is 10.9 Å². The average molecular weight is 197 g/mol. The van der Waals surface area contributed by atoms with E-state index in [1.165, 1.54) is 0 Å². The van der Waals surface area contributed by atoms with E-state index in [0.29, 0.717) is 10.7 Å². The molecule has 68 valence electrons. The third-order valence-corrected chi connectivity index (χ3v) is 2.30. The molecule has 1 aromatic rings. The number of nitrogens with one attached hydrogen (secondary N) is 1. The summed E-state index contributed by atoms with van der Waals surface area (Å²) in [6, 6.07) is 1.66. The Hall–Kier alpha value is -1.09. The second kappa shape index (κ2) is 3.34. The molecule has 1 N–H and O–H groups in total. The van der Waals surface area contributed by atoms with Gasteiger partial charge < -0.3 is 5.32 Å². The topological polar surface area (TPSA) is 42.0 Å². The number of carbonyl (C=O) groups excluding carboxylic acids is 1. The Morgan fingerprint density at radius 2 is 2.38 bits per heavy atom. The predicted molar refractivity (Wildman–Crippen MR) is 50.6 cm³/mol. The van der Waals surface area contributed by atoms with E-state index >= 15 is 0 Å². The molecule has 3 nitrogen and oxygen atoms in total. The number of carbonyl (C=O) groups is 1. The minimum atomic E-state index is 0.0508. The Labute approximate surface area is 81.1 Å². The molecule has 1 fully saturated rings. The lowest BCUT2D eigenvalue weighted by atomic mass is 10.3. The maximum atomic E-state index is 11.3. The Morgan fingerprint density at radius 3 is 3.00 bits per heavy atom. The fourth-order valence-corrected chi connectivity index (χ4v) is 1.20. The summed E-state index contributed by atoms with van der Waals surface area (Å²) in [6.45, 7) is 0. The number of hydrogen-bond acceptors (Lipinski definition) is 2. The third kappa shape index (κ3) is 1.98. The first-order chi connectivity index (χ1) is 6.27. The summed E-state index contributed by atoms with van der Waals surface area (Å²) >= 11 is 5.84. The number of halogens is 1. The van der Waals surface area contributed by atoms with Gasteiger partial charge >= 0.3 is 0 Å². The van der Waals surface area contributed by atoms with Crippen molar-refractivity contribution >= 4 is 23.2 Å². The monoisotopic (exact) mass is 196 g/mol. The van der Waals surface area contributed by atoms with Gasteiger partial charge in [-0.15, -0.1) is 0 Å². The second-order valence-corrected chi connectivity index (χ2v) is 3.53. The quantitative estimate of drug-likeness (QED) is 0.787. The van der Waals surface area contributed by atoms with Crippen molar-refractivity contribution in [2.75, 3.05) is 5.32 Å². The van der Waals surface area contributed by atoms with E-state index in [4.69, 9.17) is 11.6 Å². The zero-order chi connectivity index (χ0) is 9.26. The Kier molecular flexibility index (Phi) is 2.19. The van der Waals surface area contributed by atoms with Crippen molar-refractivity contribution < 1.29 is 4.79 Å². The molecule has 0 spiro atoms. The van der Waals surface area contributed by atoms with Crippen molar-refractivity contribution in [3.63, 3.8) is 0 Å². The van der Waals surface area contributed by atoms with Crippen LogP contribution in [0.15, 0.2) is 18.5 Å². The summed E-state index contributed by atoms with van der Waals surface area (Å²) in [5.74, 6) is 0.242. The van der Waals surface area contributed by atoms with Gasteiger partial charge in [-0.3, -0.25) is 9.78 Å². The number of aromatic nitrogens is 1. The number of hydrogen-bond donors (Lipinski definition) is 1. The normalized spacial score (nSPS) is 15.5. The molecule has 1 aliphatic rings. The van der Waals surface area contributed by atoms with E-state index in [0.717, 1.165) is 12.8 Å². The summed E-state index contributed by atoms with van der Waals surface area (Å²) in [4.78, 5) is 15.2. The van der Waals surface area contributed by atoms with Gasteiger partial charge in [-0.05, 0) is 18.9 Å². The van der Waals surface area contributed by atoms with Crippen molar-refractivity contribution in [2.24, 2.45) is 5.92 Å². The van der Waals surface area contributed by atoms with Crippen molar-refractivity contribution in [2.45, 2.75) is 12.8 Å². The summed E-state index contributed by atoms with van der Waals surface area (Å²) < 4.78 is 0. The smallest absolute Gasteiger partial charge is 0.227 e. The number of rotatable bonds is 2. The van der Waals surface area contributed by atoms with E-state index in [9.17, 15) is 4.79 Å². The minimum absolute atomic E-state index is 0.0508.